The smallest absolute Gasteiger partial charge is 0.00850 e. The molecule has 0 aliphatic rings. The van der Waals surface area contributed by atoms with Crippen LogP contribution in [-0.2, 0) is 0 Å². The van der Waals surface area contributed by atoms with Crippen LogP contribution in [0.15, 0.2) is 0 Å². The highest BCUT2D eigenvalue weighted by Crippen LogP contribution is 1.35. The predicted octanol–water partition coefficient (Wildman–Crippen LogP) is -1.52. The molecule has 0 amide bonds. The van der Waals surface area contributed by atoms with Gasteiger partial charge in [-0.15, -0.1) is 0 Å². The summed E-state index contributed by atoms with van der Waals surface area (Å²) in [5, 5.41) is 0. The van der Waals surface area contributed by atoms with Crippen molar-refractivity contribution in [3.63, 3.8) is 0 Å². The van der Waals surface area contributed by atoms with Crippen LogP contribution in [0.5, 0.6) is 0 Å². The molecule has 0 rings (SSSR count). The van der Waals surface area contributed by atoms with Crippen molar-refractivity contribution in [1.29, 1.82) is 0 Å². The Morgan fingerprint density at radius 1 is 1.67 bits per heavy atom. The first-order valence-corrected chi connectivity index (χ1v) is 1.85. The number of hydrogen-bond acceptors (Lipinski definition) is 4. The van der Waals surface area contributed by atoms with Gasteiger partial charge in [0.1, 0.15) is 0 Å². The summed E-state index contributed by atoms with van der Waals surface area (Å²) in [5.74, 6) is 4.79. The van der Waals surface area contributed by atoms with E-state index < -0.39 is 0 Å². The van der Waals surface area contributed by atoms with Gasteiger partial charge in [0.15, 0.2) is 0 Å². The molecule has 0 saturated carbocycles. The van der Waals surface area contributed by atoms with Crippen LogP contribution in [0.25, 0.3) is 0 Å². The highest BCUT2D eigenvalue weighted by Gasteiger charge is 1.65. The van der Waals surface area contributed by atoms with E-state index in [0.29, 0.717) is 0 Å². The van der Waals surface area contributed by atoms with Gasteiger partial charge in [-0.2, -0.15) is 11.1 Å². The number of nitrogens with one attached hydrogen (secondary N) is 3. The highest BCUT2D eigenvalue weighted by atomic mass is 15.7. The third-order valence-electron chi connectivity index (χ3n) is 0.337. The van der Waals surface area contributed by atoms with E-state index in [1.54, 1.807) is 0 Å². The van der Waals surface area contributed by atoms with Crippen molar-refractivity contribution in [2.75, 3.05) is 6.54 Å². The zero-order valence-electron chi connectivity index (χ0n) is 3.78. The van der Waals surface area contributed by atoms with Crippen LogP contribution in [-0.4, -0.2) is 6.54 Å². The summed E-state index contributed by atoms with van der Waals surface area (Å²) in [5.41, 5.74) is 7.40. The SMILES string of the molecule is CCNNNN. The summed E-state index contributed by atoms with van der Waals surface area (Å²) < 4.78 is 0. The third-order valence-corrected chi connectivity index (χ3v) is 0.337. The first-order valence-electron chi connectivity index (χ1n) is 1.85. The average Bonchev–Trinajstić information content (AvgIpc) is 1.61. The van der Waals surface area contributed by atoms with Gasteiger partial charge >= 0.3 is 0 Å². The van der Waals surface area contributed by atoms with Gasteiger partial charge in [-0.1, -0.05) is 6.92 Å². The molecule has 0 radical (unpaired) electrons. The lowest BCUT2D eigenvalue weighted by Crippen LogP contribution is -2.46. The van der Waals surface area contributed by atoms with Crippen molar-refractivity contribution in [3.8, 4) is 0 Å². The molecule has 0 heterocycles. The van der Waals surface area contributed by atoms with Gasteiger partial charge in [0.2, 0.25) is 0 Å². The quantitative estimate of drug-likeness (QED) is 0.193. The largest absolute Gasteiger partial charge is 0.257 e. The first kappa shape index (κ1) is 5.84. The first-order chi connectivity index (χ1) is 2.91. The van der Waals surface area contributed by atoms with Crippen LogP contribution in [0, 0.1) is 0 Å². The normalized spacial score (nSPS) is 9.00. The Kier molecular flexibility index (Phi) is 4.71. The van der Waals surface area contributed by atoms with Crippen LogP contribution < -0.4 is 22.3 Å². The molecule has 0 bridgehead atoms. The second kappa shape index (κ2) is 4.84. The molecule has 6 heavy (non-hydrogen) atoms. The maximum Gasteiger partial charge on any atom is 0.00850 e. The fourth-order valence-corrected chi connectivity index (χ4v) is 0.139. The van der Waals surface area contributed by atoms with Gasteiger partial charge in [-0.05, 0) is 0 Å². The lowest BCUT2D eigenvalue weighted by Gasteiger charge is -1.97. The second-order valence-corrected chi connectivity index (χ2v) is 0.800. The minimum Gasteiger partial charge on any atom is -0.257 e. The maximum atomic E-state index is 4.79. The molecule has 38 valence electrons. The van der Waals surface area contributed by atoms with E-state index in [2.05, 4.69) is 16.5 Å². The van der Waals surface area contributed by atoms with Crippen LogP contribution in [0.1, 0.15) is 6.92 Å². The summed E-state index contributed by atoms with van der Waals surface area (Å²) in [4.78, 5) is 0. The molecular weight excluding hydrogens is 80.0 g/mol. The molecule has 5 N–H and O–H groups in total. The third kappa shape index (κ3) is 3.84. The van der Waals surface area contributed by atoms with E-state index >= 15 is 0 Å². The fourth-order valence-electron chi connectivity index (χ4n) is 0.139. The summed E-state index contributed by atoms with van der Waals surface area (Å²) in [6.07, 6.45) is 0. The van der Waals surface area contributed by atoms with Crippen molar-refractivity contribution in [1.82, 2.24) is 16.5 Å². The molecule has 0 aromatic carbocycles. The fraction of sp³-hybridized carbons (Fsp3) is 1.00. The van der Waals surface area contributed by atoms with Gasteiger partial charge in [0, 0.05) is 6.54 Å². The summed E-state index contributed by atoms with van der Waals surface area (Å²) >= 11 is 0. The molecule has 0 atom stereocenters. The summed E-state index contributed by atoms with van der Waals surface area (Å²) in [6, 6.07) is 0. The van der Waals surface area contributed by atoms with Crippen molar-refractivity contribution in [3.05, 3.63) is 0 Å². The van der Waals surface area contributed by atoms with E-state index in [0.717, 1.165) is 6.54 Å². The van der Waals surface area contributed by atoms with Crippen molar-refractivity contribution in [2.45, 2.75) is 6.92 Å². The molecule has 0 aliphatic carbocycles. The predicted molar refractivity (Wildman–Crippen MR) is 24.1 cm³/mol. The lowest BCUT2D eigenvalue weighted by atomic mass is 10.8. The van der Waals surface area contributed by atoms with Crippen molar-refractivity contribution < 1.29 is 0 Å². The molecule has 0 spiro atoms. The number of nitrogens with two attached hydrogens (primary N) is 1. The zero-order chi connectivity index (χ0) is 4.83. The average molecular weight is 90.1 g/mol. The monoisotopic (exact) mass is 90.1 g/mol. The number of rotatable bonds is 3. The van der Waals surface area contributed by atoms with E-state index in [4.69, 9.17) is 5.84 Å². The minimum absolute atomic E-state index is 0.851. The molecule has 4 nitrogen and oxygen atoms in total. The van der Waals surface area contributed by atoms with Crippen molar-refractivity contribution in [2.24, 2.45) is 5.84 Å². The Balaban J connectivity index is 2.34. The number of hydrogen-bond donors (Lipinski definition) is 4. The van der Waals surface area contributed by atoms with Gasteiger partial charge in [0.05, 0.1) is 0 Å². The van der Waals surface area contributed by atoms with Gasteiger partial charge < -0.3 is 0 Å². The topological polar surface area (TPSA) is 62.1 Å². The Morgan fingerprint density at radius 2 is 2.33 bits per heavy atom. The second-order valence-electron chi connectivity index (χ2n) is 0.800. The molecule has 0 aromatic heterocycles. The van der Waals surface area contributed by atoms with E-state index in [1.165, 1.54) is 0 Å². The molecule has 0 fully saturated rings. The van der Waals surface area contributed by atoms with Gasteiger partial charge in [-0.3, -0.25) is 5.84 Å². The molecule has 0 aliphatic heterocycles. The standard InChI is InChI=1S/C2H10N4/c1-2-4-6-5-3/h4-6H,2-3H2,1H3. The molecule has 0 saturated heterocycles. The Labute approximate surface area is 37.0 Å². The van der Waals surface area contributed by atoms with Crippen LogP contribution >= 0.6 is 0 Å². The lowest BCUT2D eigenvalue weighted by molar-refractivity contribution is 0.456. The summed E-state index contributed by atoms with van der Waals surface area (Å²) in [6.45, 7) is 2.81. The van der Waals surface area contributed by atoms with Crippen LogP contribution in [0.3, 0.4) is 0 Å². The van der Waals surface area contributed by atoms with Crippen molar-refractivity contribution >= 4 is 0 Å². The van der Waals surface area contributed by atoms with E-state index in [-0.39, 0.29) is 0 Å². The van der Waals surface area contributed by atoms with Crippen LogP contribution in [0.4, 0.5) is 0 Å². The Morgan fingerprint density at radius 3 is 2.50 bits per heavy atom. The molecule has 0 unspecified atom stereocenters. The van der Waals surface area contributed by atoms with E-state index in [9.17, 15) is 0 Å². The van der Waals surface area contributed by atoms with Gasteiger partial charge in [-0.25, -0.2) is 5.43 Å². The molecule has 4 heteroatoms. The summed E-state index contributed by atoms with van der Waals surface area (Å²) in [7, 11) is 0. The van der Waals surface area contributed by atoms with Gasteiger partial charge in [0.25, 0.3) is 0 Å². The van der Waals surface area contributed by atoms with E-state index in [1.807, 2.05) is 6.92 Å². The minimum atomic E-state index is 0.851. The maximum absolute atomic E-state index is 4.79. The highest BCUT2D eigenvalue weighted by molar-refractivity contribution is 4.17. The molecular formula is C2H10N4. The Hall–Kier alpha value is -0.160. The zero-order valence-corrected chi connectivity index (χ0v) is 3.78. The molecule has 0 aromatic rings. The number of hydrazine groups is 3. The Bertz CT molecular complexity index is 17.5. The van der Waals surface area contributed by atoms with Crippen LogP contribution in [0.2, 0.25) is 0 Å².